The Balaban J connectivity index is 0.000001000. The van der Waals surface area contributed by atoms with Gasteiger partial charge in [0.2, 0.25) is 0 Å². The van der Waals surface area contributed by atoms with Crippen molar-refractivity contribution in [3.63, 3.8) is 0 Å². The SMILES string of the molecule is C.C.C.C.C.C.CCC1(OC(=O)C2CC3CC2C(C2C(=O)OC(=O)C2C)C3C2C(C3C4CCC(C4)C3C)C3CC2C2(CCOC2=O)C3)CC2CC1C1CCCC21. The van der Waals surface area contributed by atoms with E-state index < -0.39 is 17.8 Å². The number of fused-ring (bicyclic) bond motifs is 12. The van der Waals surface area contributed by atoms with Crippen molar-refractivity contribution in [2.24, 2.45) is 118 Å². The quantitative estimate of drug-likeness (QED) is 0.150. The molecule has 320 valence electrons. The van der Waals surface area contributed by atoms with E-state index >= 15 is 0 Å². The number of hydrogen-bond acceptors (Lipinski definition) is 7. The Kier molecular flexibility index (Phi) is 12.3. The lowest BCUT2D eigenvalue weighted by atomic mass is 9.51. The maximum absolute atomic E-state index is 14.7. The Morgan fingerprint density at radius 2 is 1.38 bits per heavy atom. The van der Waals surface area contributed by atoms with Crippen LogP contribution in [-0.4, -0.2) is 36.1 Å². The number of rotatable bonds is 6. The minimum absolute atomic E-state index is 0. The highest BCUT2D eigenvalue weighted by molar-refractivity contribution is 5.96. The molecule has 2 saturated heterocycles. The van der Waals surface area contributed by atoms with E-state index in [1.807, 2.05) is 6.92 Å². The van der Waals surface area contributed by atoms with E-state index in [-0.39, 0.29) is 103 Å². The fourth-order valence-corrected chi connectivity index (χ4v) is 18.1. The van der Waals surface area contributed by atoms with Gasteiger partial charge in [-0.15, -0.1) is 0 Å². The first-order valence-electron chi connectivity index (χ1n) is 21.3. The van der Waals surface area contributed by atoms with Gasteiger partial charge in [-0.3, -0.25) is 19.2 Å². The molecule has 7 nitrogen and oxygen atoms in total. The molecule has 56 heavy (non-hydrogen) atoms. The van der Waals surface area contributed by atoms with Crippen LogP contribution in [0.15, 0.2) is 0 Å². The van der Waals surface area contributed by atoms with Gasteiger partial charge in [-0.05, 0) is 172 Å². The summed E-state index contributed by atoms with van der Waals surface area (Å²) in [6.07, 6.45) is 15.8. The van der Waals surface area contributed by atoms with Gasteiger partial charge in [0.25, 0.3) is 0 Å². The van der Waals surface area contributed by atoms with Crippen LogP contribution in [-0.2, 0) is 33.4 Å². The van der Waals surface area contributed by atoms with Gasteiger partial charge >= 0.3 is 23.9 Å². The molecule has 0 aromatic carbocycles. The summed E-state index contributed by atoms with van der Waals surface area (Å²) in [5.74, 6) is 5.94. The van der Waals surface area contributed by atoms with Gasteiger partial charge in [0.05, 0.1) is 29.8 Å². The van der Waals surface area contributed by atoms with Gasteiger partial charge in [-0.25, -0.2) is 0 Å². The van der Waals surface area contributed by atoms with Crippen LogP contribution in [0.2, 0.25) is 0 Å². The van der Waals surface area contributed by atoms with Crippen LogP contribution in [0.25, 0.3) is 0 Å². The van der Waals surface area contributed by atoms with Crippen LogP contribution >= 0.6 is 0 Å². The Morgan fingerprint density at radius 3 is 2.02 bits per heavy atom. The first-order chi connectivity index (χ1) is 24.1. The lowest BCUT2D eigenvalue weighted by molar-refractivity contribution is -0.180. The molecule has 9 saturated carbocycles. The van der Waals surface area contributed by atoms with E-state index in [2.05, 4.69) is 13.8 Å². The monoisotopic (exact) mass is 783 g/mol. The Hall–Kier alpha value is -1.92. The van der Waals surface area contributed by atoms with E-state index in [0.29, 0.717) is 54.0 Å². The number of esters is 4. The van der Waals surface area contributed by atoms with Crippen LogP contribution in [0.4, 0.5) is 0 Å². The van der Waals surface area contributed by atoms with Gasteiger partial charge in [0.1, 0.15) is 5.60 Å². The summed E-state index contributed by atoms with van der Waals surface area (Å²) in [6.45, 7) is 7.17. The summed E-state index contributed by atoms with van der Waals surface area (Å²) in [7, 11) is 0. The lowest BCUT2D eigenvalue weighted by Crippen LogP contribution is -2.52. The molecule has 21 atom stereocenters. The predicted octanol–water partition coefficient (Wildman–Crippen LogP) is 11.1. The molecule has 8 bridgehead atoms. The molecule has 1 spiro atoms. The van der Waals surface area contributed by atoms with Crippen molar-refractivity contribution < 1.29 is 33.4 Å². The summed E-state index contributed by atoms with van der Waals surface area (Å²) in [5, 5.41) is 0. The summed E-state index contributed by atoms with van der Waals surface area (Å²) in [4.78, 5) is 55.2. The molecule has 11 aliphatic rings. The second-order valence-corrected chi connectivity index (χ2v) is 20.4. The minimum Gasteiger partial charge on any atom is -0.465 e. The largest absolute Gasteiger partial charge is 0.465 e. The zero-order valence-corrected chi connectivity index (χ0v) is 30.4. The number of hydrogen-bond donors (Lipinski definition) is 0. The van der Waals surface area contributed by atoms with Crippen molar-refractivity contribution in [3.05, 3.63) is 0 Å². The molecule has 0 amide bonds. The van der Waals surface area contributed by atoms with E-state index in [1.165, 1.54) is 44.9 Å². The Morgan fingerprint density at radius 1 is 0.679 bits per heavy atom. The number of carbonyl (C=O) groups is 4. The summed E-state index contributed by atoms with van der Waals surface area (Å²) in [6, 6.07) is 0. The molecule has 11 fully saturated rings. The molecule has 2 heterocycles. The topological polar surface area (TPSA) is 96.0 Å². The van der Waals surface area contributed by atoms with Crippen LogP contribution < -0.4 is 0 Å². The molecule has 21 unspecified atom stereocenters. The minimum atomic E-state index is -0.510. The van der Waals surface area contributed by atoms with Crippen LogP contribution in [0.3, 0.4) is 0 Å². The van der Waals surface area contributed by atoms with Crippen LogP contribution in [0, 0.1) is 118 Å². The van der Waals surface area contributed by atoms with Gasteiger partial charge < -0.3 is 14.2 Å². The van der Waals surface area contributed by atoms with Gasteiger partial charge in [-0.2, -0.15) is 0 Å². The van der Waals surface area contributed by atoms with E-state index in [4.69, 9.17) is 14.2 Å². The molecule has 7 heteroatoms. The van der Waals surface area contributed by atoms with Gasteiger partial charge in [0.15, 0.2) is 0 Å². The third-order valence-electron chi connectivity index (χ3n) is 19.6. The normalized spacial score (nSPS) is 53.0. The Bertz CT molecular complexity index is 1520. The molecule has 0 aromatic heterocycles. The standard InChI is InChI=1S/C43H58O7.6CH4/c1-4-43(18-24-15-30(43)27-7-5-6-26(24)27)50-39(45)29-14-23-13-28(29)36(33-20(3)38(44)49-40(33)46)34(23)37-31-16-25(17-42(31)10-11-48-41(42)47)35(37)32-19(2)21-8-9-22(32)12-21;;;;;;/h19-37H,4-18H2,1-3H3;6*1H4. The fourth-order valence-electron chi connectivity index (χ4n) is 18.1. The summed E-state index contributed by atoms with van der Waals surface area (Å²) in [5.41, 5.74) is -0.717. The van der Waals surface area contributed by atoms with Crippen molar-refractivity contribution >= 4 is 23.9 Å². The second kappa shape index (κ2) is 15.3. The fraction of sp³-hybridized carbons (Fsp3) is 0.918. The third kappa shape index (κ3) is 5.58. The molecule has 11 rings (SSSR count). The molecular formula is C49H82O7. The van der Waals surface area contributed by atoms with Gasteiger partial charge in [-0.1, -0.05) is 71.8 Å². The average Bonchev–Trinajstić information content (AvgIpc) is 3.93. The smallest absolute Gasteiger partial charge is 0.317 e. The predicted molar refractivity (Wildman–Crippen MR) is 222 cm³/mol. The summed E-state index contributed by atoms with van der Waals surface area (Å²) >= 11 is 0. The highest BCUT2D eigenvalue weighted by Gasteiger charge is 2.73. The molecule has 0 radical (unpaired) electrons. The van der Waals surface area contributed by atoms with E-state index in [0.717, 1.165) is 68.6 Å². The van der Waals surface area contributed by atoms with E-state index in [9.17, 15) is 19.2 Å². The van der Waals surface area contributed by atoms with Crippen molar-refractivity contribution in [2.75, 3.05) is 6.61 Å². The highest BCUT2D eigenvalue weighted by atomic mass is 16.6. The van der Waals surface area contributed by atoms with E-state index in [1.54, 1.807) is 0 Å². The van der Waals surface area contributed by atoms with Crippen molar-refractivity contribution in [1.29, 1.82) is 0 Å². The average molecular weight is 783 g/mol. The van der Waals surface area contributed by atoms with Gasteiger partial charge in [0, 0.05) is 5.92 Å². The molecular weight excluding hydrogens is 701 g/mol. The van der Waals surface area contributed by atoms with Crippen molar-refractivity contribution in [1.82, 2.24) is 0 Å². The first kappa shape index (κ1) is 45.2. The number of ether oxygens (including phenoxy) is 3. The highest BCUT2D eigenvalue weighted by Crippen LogP contribution is 2.75. The first-order valence-corrected chi connectivity index (χ1v) is 21.3. The molecule has 9 aliphatic carbocycles. The van der Waals surface area contributed by atoms with Crippen LogP contribution in [0.1, 0.15) is 155 Å². The molecule has 2 aliphatic heterocycles. The lowest BCUT2D eigenvalue weighted by Gasteiger charge is -2.52. The van der Waals surface area contributed by atoms with Crippen molar-refractivity contribution in [3.8, 4) is 0 Å². The number of carbonyl (C=O) groups excluding carboxylic acids is 4. The summed E-state index contributed by atoms with van der Waals surface area (Å²) < 4.78 is 18.1. The molecule has 0 N–H and O–H groups in total. The molecule has 0 aromatic rings. The number of cyclic esters (lactones) is 3. The zero-order chi connectivity index (χ0) is 34.0. The maximum atomic E-state index is 14.7. The third-order valence-corrected chi connectivity index (χ3v) is 19.6. The van der Waals surface area contributed by atoms with Crippen molar-refractivity contribution in [2.45, 2.75) is 161 Å². The van der Waals surface area contributed by atoms with Crippen LogP contribution in [0.5, 0.6) is 0 Å². The maximum Gasteiger partial charge on any atom is 0.317 e. The second-order valence-electron chi connectivity index (χ2n) is 20.4. The Labute approximate surface area is 341 Å². The zero-order valence-electron chi connectivity index (χ0n) is 30.4.